The minimum absolute atomic E-state index is 0.0771. The maximum Gasteiger partial charge on any atom is 0.262 e. The van der Waals surface area contributed by atoms with E-state index >= 15 is 0 Å². The number of hydrogen-bond donors (Lipinski definition) is 1. The van der Waals surface area contributed by atoms with Crippen LogP contribution in [0.4, 0.5) is 11.4 Å². The zero-order valence-electron chi connectivity index (χ0n) is 12.7. The van der Waals surface area contributed by atoms with Crippen molar-refractivity contribution in [3.05, 3.63) is 54.6 Å². The Morgan fingerprint density at radius 2 is 1.96 bits per heavy atom. The number of nitrogens with one attached hydrogen (secondary N) is 1. The largest absolute Gasteiger partial charge is 0.484 e. The lowest BCUT2D eigenvalue weighted by molar-refractivity contribution is -0.118. The Labute approximate surface area is 134 Å². The Morgan fingerprint density at radius 3 is 2.70 bits per heavy atom. The molecule has 0 spiro atoms. The summed E-state index contributed by atoms with van der Waals surface area (Å²) in [6, 6.07) is 16.5. The molecule has 1 aliphatic rings. The summed E-state index contributed by atoms with van der Waals surface area (Å²) in [6.07, 6.45) is 1.47. The van der Waals surface area contributed by atoms with Gasteiger partial charge in [-0.1, -0.05) is 24.3 Å². The van der Waals surface area contributed by atoms with Crippen LogP contribution in [-0.2, 0) is 9.59 Å². The molecule has 1 aliphatic heterocycles. The fraction of sp³-hybridized carbons (Fsp3) is 0.222. The van der Waals surface area contributed by atoms with Crippen LogP contribution in [0.1, 0.15) is 12.8 Å². The van der Waals surface area contributed by atoms with Gasteiger partial charge in [-0.15, -0.1) is 0 Å². The lowest BCUT2D eigenvalue weighted by Crippen LogP contribution is -2.24. The lowest BCUT2D eigenvalue weighted by Gasteiger charge is -2.16. The Balaban J connectivity index is 1.58. The topological polar surface area (TPSA) is 58.6 Å². The number of anilines is 2. The van der Waals surface area contributed by atoms with E-state index in [1.165, 1.54) is 0 Å². The Bertz CT molecular complexity index is 700. The zero-order valence-corrected chi connectivity index (χ0v) is 12.7. The van der Waals surface area contributed by atoms with Crippen molar-refractivity contribution in [3.8, 4) is 5.75 Å². The predicted molar refractivity (Wildman–Crippen MR) is 88.6 cm³/mol. The van der Waals surface area contributed by atoms with E-state index in [-0.39, 0.29) is 18.4 Å². The number of benzene rings is 2. The normalized spacial score (nSPS) is 13.9. The van der Waals surface area contributed by atoms with Crippen LogP contribution in [0.25, 0.3) is 0 Å². The summed E-state index contributed by atoms with van der Waals surface area (Å²) >= 11 is 0. The smallest absolute Gasteiger partial charge is 0.262 e. The molecule has 2 amide bonds. The third kappa shape index (κ3) is 3.88. The first-order chi connectivity index (χ1) is 11.2. The summed E-state index contributed by atoms with van der Waals surface area (Å²) in [7, 11) is 0. The number of para-hydroxylation sites is 1. The minimum atomic E-state index is -0.223. The maximum absolute atomic E-state index is 11.9. The van der Waals surface area contributed by atoms with Gasteiger partial charge in [0.05, 0.1) is 0 Å². The SMILES string of the molecule is O=C(COc1cccc(N2CCCC2=O)c1)Nc1ccccc1. The molecule has 1 fully saturated rings. The molecule has 5 nitrogen and oxygen atoms in total. The summed E-state index contributed by atoms with van der Waals surface area (Å²) in [4.78, 5) is 25.4. The van der Waals surface area contributed by atoms with Gasteiger partial charge in [-0.3, -0.25) is 9.59 Å². The Hall–Kier alpha value is -2.82. The highest BCUT2D eigenvalue weighted by Gasteiger charge is 2.21. The molecule has 0 atom stereocenters. The highest BCUT2D eigenvalue weighted by atomic mass is 16.5. The van der Waals surface area contributed by atoms with E-state index in [0.29, 0.717) is 12.2 Å². The van der Waals surface area contributed by atoms with Crippen molar-refractivity contribution in [2.24, 2.45) is 0 Å². The molecule has 1 saturated heterocycles. The highest BCUT2D eigenvalue weighted by molar-refractivity contribution is 5.95. The first-order valence-electron chi connectivity index (χ1n) is 7.60. The van der Waals surface area contributed by atoms with Gasteiger partial charge in [-0.25, -0.2) is 0 Å². The molecule has 0 aromatic heterocycles. The van der Waals surface area contributed by atoms with Crippen LogP contribution < -0.4 is 15.0 Å². The standard InChI is InChI=1S/C18H18N2O3/c21-17(19-14-6-2-1-3-7-14)13-23-16-9-4-8-15(12-16)20-11-5-10-18(20)22/h1-4,6-9,12H,5,10-11,13H2,(H,19,21). The zero-order chi connectivity index (χ0) is 16.1. The van der Waals surface area contributed by atoms with Gasteiger partial charge < -0.3 is 15.0 Å². The second-order valence-corrected chi connectivity index (χ2v) is 5.35. The van der Waals surface area contributed by atoms with Crippen LogP contribution in [0.3, 0.4) is 0 Å². The quantitative estimate of drug-likeness (QED) is 0.924. The van der Waals surface area contributed by atoms with Crippen molar-refractivity contribution in [1.82, 2.24) is 0 Å². The van der Waals surface area contributed by atoms with Gasteiger partial charge in [0.15, 0.2) is 6.61 Å². The number of ether oxygens (including phenoxy) is 1. The fourth-order valence-electron chi connectivity index (χ4n) is 2.53. The molecule has 0 radical (unpaired) electrons. The van der Waals surface area contributed by atoms with E-state index in [9.17, 15) is 9.59 Å². The van der Waals surface area contributed by atoms with E-state index in [4.69, 9.17) is 4.74 Å². The minimum Gasteiger partial charge on any atom is -0.484 e. The summed E-state index contributed by atoms with van der Waals surface area (Å²) in [5, 5.41) is 2.76. The third-order valence-corrected chi connectivity index (χ3v) is 3.63. The van der Waals surface area contributed by atoms with Crippen LogP contribution in [0.15, 0.2) is 54.6 Å². The molecule has 3 rings (SSSR count). The summed E-state index contributed by atoms with van der Waals surface area (Å²) < 4.78 is 5.53. The Kier molecular flexibility index (Phi) is 4.57. The lowest BCUT2D eigenvalue weighted by atomic mass is 10.3. The summed E-state index contributed by atoms with van der Waals surface area (Å²) in [6.45, 7) is 0.656. The van der Waals surface area contributed by atoms with Gasteiger partial charge in [0, 0.05) is 30.4 Å². The predicted octanol–water partition coefficient (Wildman–Crippen LogP) is 2.83. The highest BCUT2D eigenvalue weighted by Crippen LogP contribution is 2.25. The van der Waals surface area contributed by atoms with Crippen LogP contribution in [-0.4, -0.2) is 25.0 Å². The van der Waals surface area contributed by atoms with E-state index in [2.05, 4.69) is 5.32 Å². The second kappa shape index (κ2) is 6.96. The van der Waals surface area contributed by atoms with E-state index in [1.54, 1.807) is 17.0 Å². The number of hydrogen-bond acceptors (Lipinski definition) is 3. The fourth-order valence-corrected chi connectivity index (χ4v) is 2.53. The van der Waals surface area contributed by atoms with Crippen molar-refractivity contribution in [2.45, 2.75) is 12.8 Å². The average Bonchev–Trinajstić information content (AvgIpc) is 3.00. The summed E-state index contributed by atoms with van der Waals surface area (Å²) in [5.74, 6) is 0.480. The number of rotatable bonds is 5. The van der Waals surface area contributed by atoms with Gasteiger partial charge in [-0.05, 0) is 30.7 Å². The molecule has 2 aromatic carbocycles. The van der Waals surface area contributed by atoms with Crippen molar-refractivity contribution < 1.29 is 14.3 Å². The van der Waals surface area contributed by atoms with E-state index < -0.39 is 0 Å². The number of nitrogens with zero attached hydrogens (tertiary/aromatic N) is 1. The van der Waals surface area contributed by atoms with Gasteiger partial charge in [0.25, 0.3) is 5.91 Å². The first kappa shape index (κ1) is 15.1. The van der Waals surface area contributed by atoms with Crippen molar-refractivity contribution >= 4 is 23.2 Å². The van der Waals surface area contributed by atoms with E-state index in [0.717, 1.165) is 24.3 Å². The number of carbonyl (C=O) groups excluding carboxylic acids is 2. The van der Waals surface area contributed by atoms with Gasteiger partial charge in [-0.2, -0.15) is 0 Å². The summed E-state index contributed by atoms with van der Waals surface area (Å²) in [5.41, 5.74) is 1.55. The van der Waals surface area contributed by atoms with Gasteiger partial charge in [0.1, 0.15) is 5.75 Å². The number of amides is 2. The van der Waals surface area contributed by atoms with Crippen LogP contribution >= 0.6 is 0 Å². The maximum atomic E-state index is 11.9. The molecule has 5 heteroatoms. The Morgan fingerprint density at radius 1 is 1.13 bits per heavy atom. The van der Waals surface area contributed by atoms with E-state index in [1.807, 2.05) is 42.5 Å². The van der Waals surface area contributed by atoms with Crippen molar-refractivity contribution in [1.29, 1.82) is 0 Å². The molecular weight excluding hydrogens is 292 g/mol. The molecule has 0 unspecified atom stereocenters. The molecule has 0 aliphatic carbocycles. The van der Waals surface area contributed by atoms with Crippen molar-refractivity contribution in [2.75, 3.05) is 23.4 Å². The number of carbonyl (C=O) groups is 2. The molecule has 118 valence electrons. The molecule has 23 heavy (non-hydrogen) atoms. The third-order valence-electron chi connectivity index (χ3n) is 3.63. The molecule has 0 saturated carbocycles. The van der Waals surface area contributed by atoms with Crippen LogP contribution in [0.2, 0.25) is 0 Å². The average molecular weight is 310 g/mol. The second-order valence-electron chi connectivity index (χ2n) is 5.35. The van der Waals surface area contributed by atoms with Gasteiger partial charge in [0.2, 0.25) is 5.91 Å². The molecular formula is C18H18N2O3. The molecule has 0 bridgehead atoms. The molecule has 1 N–H and O–H groups in total. The van der Waals surface area contributed by atoms with Crippen molar-refractivity contribution in [3.63, 3.8) is 0 Å². The molecule has 2 aromatic rings. The van der Waals surface area contributed by atoms with Crippen LogP contribution in [0, 0.1) is 0 Å². The first-order valence-corrected chi connectivity index (χ1v) is 7.60. The van der Waals surface area contributed by atoms with Gasteiger partial charge >= 0.3 is 0 Å². The molecule has 1 heterocycles. The van der Waals surface area contributed by atoms with Crippen LogP contribution in [0.5, 0.6) is 5.75 Å². The monoisotopic (exact) mass is 310 g/mol.